The number of halogens is 4. The van der Waals surface area contributed by atoms with Crippen LogP contribution in [0.25, 0.3) is 22.3 Å². The van der Waals surface area contributed by atoms with Gasteiger partial charge >= 0.3 is 0 Å². The summed E-state index contributed by atoms with van der Waals surface area (Å²) in [6.07, 6.45) is 0. The number of aromatic nitrogens is 2. The Morgan fingerprint density at radius 1 is 1.10 bits per heavy atom. The molecule has 0 atom stereocenters. The summed E-state index contributed by atoms with van der Waals surface area (Å²) in [4.78, 5) is 8.58. The van der Waals surface area contributed by atoms with E-state index in [1.165, 1.54) is 6.07 Å². The van der Waals surface area contributed by atoms with Crippen LogP contribution in [-0.2, 0) is 0 Å². The van der Waals surface area contributed by atoms with Gasteiger partial charge in [0.05, 0.1) is 5.39 Å². The van der Waals surface area contributed by atoms with Crippen LogP contribution in [0.2, 0.25) is 10.2 Å². The number of benzene rings is 2. The highest BCUT2D eigenvalue weighted by molar-refractivity contribution is 9.10. The van der Waals surface area contributed by atoms with Gasteiger partial charge in [-0.2, -0.15) is 0 Å². The van der Waals surface area contributed by atoms with E-state index in [2.05, 4.69) is 25.9 Å². The third kappa shape index (κ3) is 2.63. The molecule has 1 aromatic heterocycles. The largest absolute Gasteiger partial charge is 0.225 e. The van der Waals surface area contributed by atoms with Crippen molar-refractivity contribution in [3.05, 3.63) is 56.4 Å². The summed E-state index contributed by atoms with van der Waals surface area (Å²) in [5.41, 5.74) is 1.84. The van der Waals surface area contributed by atoms with Gasteiger partial charge in [-0.05, 0) is 52.7 Å². The number of hydrogen-bond donors (Lipinski definition) is 0. The van der Waals surface area contributed by atoms with Gasteiger partial charge in [0.15, 0.2) is 5.82 Å². The Kier molecular flexibility index (Phi) is 3.86. The van der Waals surface area contributed by atoms with E-state index < -0.39 is 5.82 Å². The maximum atomic E-state index is 14.0. The molecule has 3 aromatic rings. The zero-order valence-electron chi connectivity index (χ0n) is 10.8. The minimum absolute atomic E-state index is 0.179. The molecular formula is C15H8BrCl2FN2. The van der Waals surface area contributed by atoms with Crippen LogP contribution in [0.5, 0.6) is 0 Å². The summed E-state index contributed by atoms with van der Waals surface area (Å²) in [6.45, 7) is 1.91. The fourth-order valence-electron chi connectivity index (χ4n) is 2.08. The van der Waals surface area contributed by atoms with Crippen LogP contribution in [0.1, 0.15) is 5.56 Å². The first-order valence-electron chi connectivity index (χ1n) is 6.05. The lowest BCUT2D eigenvalue weighted by Gasteiger charge is -2.09. The molecule has 0 saturated heterocycles. The summed E-state index contributed by atoms with van der Waals surface area (Å²) in [6, 6.07) is 8.29. The van der Waals surface area contributed by atoms with Crippen LogP contribution in [0.3, 0.4) is 0 Å². The Balaban J connectivity index is 2.35. The van der Waals surface area contributed by atoms with Crippen molar-refractivity contribution in [1.82, 2.24) is 9.97 Å². The van der Waals surface area contributed by atoms with Gasteiger partial charge in [0.25, 0.3) is 0 Å². The summed E-state index contributed by atoms with van der Waals surface area (Å²) in [5.74, 6) is -0.0945. The smallest absolute Gasteiger partial charge is 0.161 e. The first-order valence-corrected chi connectivity index (χ1v) is 7.60. The normalized spacial score (nSPS) is 11.1. The molecule has 0 N–H and O–H groups in total. The van der Waals surface area contributed by atoms with E-state index in [4.69, 9.17) is 23.2 Å². The van der Waals surface area contributed by atoms with Gasteiger partial charge < -0.3 is 0 Å². The van der Waals surface area contributed by atoms with Gasteiger partial charge in [-0.3, -0.25) is 0 Å². The number of rotatable bonds is 1. The van der Waals surface area contributed by atoms with E-state index in [0.717, 1.165) is 11.1 Å². The van der Waals surface area contributed by atoms with Gasteiger partial charge in [-0.15, -0.1) is 0 Å². The van der Waals surface area contributed by atoms with Crippen molar-refractivity contribution in [3.8, 4) is 11.4 Å². The number of fused-ring (bicyclic) bond motifs is 1. The fraction of sp³-hybridized carbons (Fsp3) is 0.0667. The Bertz CT molecular complexity index is 868. The SMILES string of the molecule is Cc1ccc(Cl)cc1-c1nc(Cl)c2c(Br)ccc(F)c2n1. The quantitative estimate of drug-likeness (QED) is 0.493. The Hall–Kier alpha value is -1.23. The Morgan fingerprint density at radius 2 is 1.86 bits per heavy atom. The van der Waals surface area contributed by atoms with Gasteiger partial charge in [0, 0.05) is 15.1 Å². The maximum absolute atomic E-state index is 14.0. The summed E-state index contributed by atoms with van der Waals surface area (Å²) in [5, 5.41) is 1.21. The number of nitrogens with zero attached hydrogens (tertiary/aromatic N) is 2. The lowest BCUT2D eigenvalue weighted by molar-refractivity contribution is 0.636. The van der Waals surface area contributed by atoms with E-state index in [1.807, 2.05) is 13.0 Å². The molecule has 1 heterocycles. The standard InChI is InChI=1S/C15H8BrCl2FN2/c1-7-2-3-8(17)6-9(7)15-20-13-11(19)5-4-10(16)12(13)14(18)21-15/h2-6H,1H3. The summed E-state index contributed by atoms with van der Waals surface area (Å²) in [7, 11) is 0. The van der Waals surface area contributed by atoms with E-state index in [9.17, 15) is 4.39 Å². The first kappa shape index (κ1) is 14.7. The van der Waals surface area contributed by atoms with Crippen molar-refractivity contribution in [2.75, 3.05) is 0 Å². The maximum Gasteiger partial charge on any atom is 0.161 e. The molecule has 3 rings (SSSR count). The molecule has 0 bridgehead atoms. The van der Waals surface area contributed by atoms with Crippen LogP contribution >= 0.6 is 39.1 Å². The van der Waals surface area contributed by atoms with E-state index in [1.54, 1.807) is 18.2 Å². The van der Waals surface area contributed by atoms with Crippen LogP contribution < -0.4 is 0 Å². The summed E-state index contributed by atoms with van der Waals surface area (Å²) >= 11 is 15.5. The molecule has 0 unspecified atom stereocenters. The average Bonchev–Trinajstić information content (AvgIpc) is 2.45. The predicted octanol–water partition coefficient (Wildman–Crippen LogP) is 5.81. The van der Waals surface area contributed by atoms with Crippen LogP contribution in [0, 0.1) is 12.7 Å². The van der Waals surface area contributed by atoms with Crippen molar-refractivity contribution in [3.63, 3.8) is 0 Å². The molecule has 0 aliphatic carbocycles. The fourth-order valence-corrected chi connectivity index (χ4v) is 3.15. The van der Waals surface area contributed by atoms with E-state index in [0.29, 0.717) is 20.7 Å². The second-order valence-electron chi connectivity index (χ2n) is 4.55. The Labute approximate surface area is 139 Å². The van der Waals surface area contributed by atoms with Crippen molar-refractivity contribution in [1.29, 1.82) is 0 Å². The third-order valence-corrected chi connectivity index (χ3v) is 4.32. The van der Waals surface area contributed by atoms with Crippen LogP contribution in [-0.4, -0.2) is 9.97 Å². The monoisotopic (exact) mass is 384 g/mol. The number of hydrogen-bond acceptors (Lipinski definition) is 2. The molecule has 0 amide bonds. The molecular weight excluding hydrogens is 378 g/mol. The molecule has 2 nitrogen and oxygen atoms in total. The molecule has 0 radical (unpaired) electrons. The minimum atomic E-state index is -0.446. The molecule has 0 aliphatic rings. The van der Waals surface area contributed by atoms with Crippen molar-refractivity contribution in [2.45, 2.75) is 6.92 Å². The highest BCUT2D eigenvalue weighted by Gasteiger charge is 2.15. The lowest BCUT2D eigenvalue weighted by Crippen LogP contribution is -1.96. The van der Waals surface area contributed by atoms with Crippen molar-refractivity contribution in [2.24, 2.45) is 0 Å². The van der Waals surface area contributed by atoms with E-state index in [-0.39, 0.29) is 10.7 Å². The van der Waals surface area contributed by atoms with Gasteiger partial charge in [0.2, 0.25) is 0 Å². The zero-order valence-corrected chi connectivity index (χ0v) is 13.9. The Morgan fingerprint density at radius 3 is 2.62 bits per heavy atom. The van der Waals surface area contributed by atoms with Gasteiger partial charge in [-0.1, -0.05) is 29.3 Å². The third-order valence-electron chi connectivity index (χ3n) is 3.15. The highest BCUT2D eigenvalue weighted by atomic mass is 79.9. The molecule has 21 heavy (non-hydrogen) atoms. The molecule has 0 aliphatic heterocycles. The zero-order chi connectivity index (χ0) is 15.1. The van der Waals surface area contributed by atoms with Crippen LogP contribution in [0.15, 0.2) is 34.8 Å². The first-order chi connectivity index (χ1) is 9.97. The lowest BCUT2D eigenvalue weighted by atomic mass is 10.1. The second kappa shape index (κ2) is 5.52. The number of aryl methyl sites for hydroxylation is 1. The van der Waals surface area contributed by atoms with Crippen molar-refractivity contribution >= 4 is 50.0 Å². The molecule has 0 fully saturated rings. The highest BCUT2D eigenvalue weighted by Crippen LogP contribution is 2.33. The second-order valence-corrected chi connectivity index (χ2v) is 6.20. The summed E-state index contributed by atoms with van der Waals surface area (Å²) < 4.78 is 14.7. The molecule has 2 aromatic carbocycles. The topological polar surface area (TPSA) is 25.8 Å². The van der Waals surface area contributed by atoms with Gasteiger partial charge in [0.1, 0.15) is 16.5 Å². The van der Waals surface area contributed by atoms with Crippen LogP contribution in [0.4, 0.5) is 4.39 Å². The van der Waals surface area contributed by atoms with Crippen molar-refractivity contribution < 1.29 is 4.39 Å². The molecule has 106 valence electrons. The molecule has 0 saturated carbocycles. The molecule has 0 spiro atoms. The predicted molar refractivity (Wildman–Crippen MR) is 87.4 cm³/mol. The van der Waals surface area contributed by atoms with Gasteiger partial charge in [-0.25, -0.2) is 14.4 Å². The average molecular weight is 386 g/mol. The van der Waals surface area contributed by atoms with E-state index >= 15 is 0 Å². The molecule has 6 heteroatoms. The minimum Gasteiger partial charge on any atom is -0.225 e.